The van der Waals surface area contributed by atoms with Crippen LogP contribution in [0.15, 0.2) is 23.1 Å². The molecular weight excluding hydrogens is 364 g/mol. The Morgan fingerprint density at radius 2 is 2.00 bits per heavy atom. The quantitative estimate of drug-likeness (QED) is 0.698. The topological polar surface area (TPSA) is 130 Å². The molecule has 1 aliphatic heterocycles. The lowest BCUT2D eigenvalue weighted by Crippen LogP contribution is -2.50. The standard InChI is InChI=1S/C16H20N2O7S/c1-4-18-15(22)11-6-5-10(7-12(11)26(18,23)24)14(21)17-16(2,9-25-3)8-13(19)20/h5-7H,4,8-9H2,1-3H3,(H,17,21)(H,19,20). The van der Waals surface area contributed by atoms with E-state index in [1.54, 1.807) is 0 Å². The zero-order valence-corrected chi connectivity index (χ0v) is 15.4. The lowest BCUT2D eigenvalue weighted by atomic mass is 9.98. The summed E-state index contributed by atoms with van der Waals surface area (Å²) in [5, 5.41) is 11.6. The Balaban J connectivity index is 2.36. The largest absolute Gasteiger partial charge is 0.481 e. The van der Waals surface area contributed by atoms with Crippen LogP contribution in [0, 0.1) is 0 Å². The van der Waals surface area contributed by atoms with Gasteiger partial charge in [-0.05, 0) is 32.0 Å². The van der Waals surface area contributed by atoms with Crippen molar-refractivity contribution in [2.24, 2.45) is 0 Å². The Kier molecular flexibility index (Phi) is 5.38. The van der Waals surface area contributed by atoms with E-state index in [1.165, 1.54) is 33.1 Å². The number of fused-ring (bicyclic) bond motifs is 1. The number of amides is 2. The van der Waals surface area contributed by atoms with Gasteiger partial charge in [0.25, 0.3) is 21.8 Å². The molecule has 26 heavy (non-hydrogen) atoms. The molecule has 1 aromatic carbocycles. The average Bonchev–Trinajstić information content (AvgIpc) is 2.72. The zero-order chi connectivity index (χ0) is 19.7. The van der Waals surface area contributed by atoms with Crippen molar-refractivity contribution in [2.75, 3.05) is 20.3 Å². The maximum absolute atomic E-state index is 12.5. The van der Waals surface area contributed by atoms with Gasteiger partial charge in [-0.1, -0.05) is 0 Å². The van der Waals surface area contributed by atoms with E-state index < -0.39 is 33.3 Å². The summed E-state index contributed by atoms with van der Waals surface area (Å²) in [6, 6.07) is 3.74. The molecule has 10 heteroatoms. The van der Waals surface area contributed by atoms with Crippen LogP contribution in [0.25, 0.3) is 0 Å². The van der Waals surface area contributed by atoms with E-state index in [9.17, 15) is 22.8 Å². The number of hydrogen-bond donors (Lipinski definition) is 2. The number of benzene rings is 1. The zero-order valence-electron chi connectivity index (χ0n) is 14.6. The molecule has 9 nitrogen and oxygen atoms in total. The van der Waals surface area contributed by atoms with Gasteiger partial charge in [0.1, 0.15) is 4.90 Å². The third kappa shape index (κ3) is 3.56. The number of carbonyl (C=O) groups is 3. The first-order valence-electron chi connectivity index (χ1n) is 7.80. The highest BCUT2D eigenvalue weighted by atomic mass is 32.2. The van der Waals surface area contributed by atoms with Crippen molar-refractivity contribution in [3.8, 4) is 0 Å². The van der Waals surface area contributed by atoms with Crippen LogP contribution in [0.5, 0.6) is 0 Å². The summed E-state index contributed by atoms with van der Waals surface area (Å²) in [6.45, 7) is 2.99. The first kappa shape index (κ1) is 19.9. The first-order chi connectivity index (χ1) is 12.1. The fourth-order valence-electron chi connectivity index (χ4n) is 2.86. The van der Waals surface area contributed by atoms with Crippen LogP contribution >= 0.6 is 0 Å². The molecule has 1 unspecified atom stereocenters. The first-order valence-corrected chi connectivity index (χ1v) is 9.24. The number of carboxylic acid groups (broad SMARTS) is 1. The molecule has 0 aliphatic carbocycles. The number of ether oxygens (including phenoxy) is 1. The number of methoxy groups -OCH3 is 1. The highest BCUT2D eigenvalue weighted by Gasteiger charge is 2.40. The smallest absolute Gasteiger partial charge is 0.305 e. The maximum Gasteiger partial charge on any atom is 0.305 e. The third-order valence-corrected chi connectivity index (χ3v) is 5.87. The fourth-order valence-corrected chi connectivity index (χ4v) is 4.46. The molecule has 0 saturated carbocycles. The molecule has 2 rings (SSSR count). The molecule has 0 spiro atoms. The van der Waals surface area contributed by atoms with Crippen molar-refractivity contribution in [1.82, 2.24) is 9.62 Å². The summed E-state index contributed by atoms with van der Waals surface area (Å²) in [5.74, 6) is -2.42. The van der Waals surface area contributed by atoms with Crippen molar-refractivity contribution in [1.29, 1.82) is 0 Å². The summed E-state index contributed by atoms with van der Waals surface area (Å²) < 4.78 is 30.5. The molecule has 1 atom stereocenters. The number of aliphatic carboxylic acids is 1. The van der Waals surface area contributed by atoms with E-state index in [0.717, 1.165) is 10.4 Å². The van der Waals surface area contributed by atoms with Gasteiger partial charge in [-0.2, -0.15) is 0 Å². The molecule has 1 aliphatic rings. The molecule has 0 bridgehead atoms. The number of nitrogens with one attached hydrogen (secondary N) is 1. The Hall–Kier alpha value is -2.46. The van der Waals surface area contributed by atoms with Gasteiger partial charge in [-0.3, -0.25) is 14.4 Å². The minimum absolute atomic E-state index is 0.00537. The van der Waals surface area contributed by atoms with Crippen LogP contribution in [0.1, 0.15) is 41.0 Å². The Morgan fingerprint density at radius 1 is 1.35 bits per heavy atom. The van der Waals surface area contributed by atoms with Gasteiger partial charge in [-0.15, -0.1) is 0 Å². The van der Waals surface area contributed by atoms with Crippen LogP contribution in [-0.4, -0.2) is 61.4 Å². The van der Waals surface area contributed by atoms with E-state index >= 15 is 0 Å². The minimum atomic E-state index is -3.99. The molecule has 2 N–H and O–H groups in total. The second kappa shape index (κ2) is 7.04. The molecule has 2 amide bonds. The molecule has 0 radical (unpaired) electrons. The van der Waals surface area contributed by atoms with E-state index in [0.29, 0.717) is 0 Å². The summed E-state index contributed by atoms with van der Waals surface area (Å²) in [5.41, 5.74) is -1.17. The van der Waals surface area contributed by atoms with Gasteiger partial charge in [-0.25, -0.2) is 12.7 Å². The highest BCUT2D eigenvalue weighted by Crippen LogP contribution is 2.30. The van der Waals surface area contributed by atoms with E-state index in [-0.39, 0.29) is 35.6 Å². The molecule has 0 saturated heterocycles. The molecule has 1 aromatic rings. The van der Waals surface area contributed by atoms with Crippen LogP contribution in [-0.2, 0) is 19.6 Å². The number of carboxylic acids is 1. The Labute approximate surface area is 151 Å². The molecule has 0 aromatic heterocycles. The van der Waals surface area contributed by atoms with E-state index in [2.05, 4.69) is 5.32 Å². The van der Waals surface area contributed by atoms with Gasteiger partial charge in [0.2, 0.25) is 0 Å². The van der Waals surface area contributed by atoms with Crippen LogP contribution in [0.3, 0.4) is 0 Å². The molecule has 0 fully saturated rings. The predicted octanol–water partition coefficient (Wildman–Crippen LogP) is 0.461. The third-order valence-electron chi connectivity index (χ3n) is 3.98. The van der Waals surface area contributed by atoms with Gasteiger partial charge in [0.15, 0.2) is 0 Å². The molecule has 1 heterocycles. The number of nitrogens with zero attached hydrogens (tertiary/aromatic N) is 1. The van der Waals surface area contributed by atoms with Crippen molar-refractivity contribution in [3.63, 3.8) is 0 Å². The van der Waals surface area contributed by atoms with Gasteiger partial charge >= 0.3 is 5.97 Å². The normalized spacial score (nSPS) is 17.5. The number of rotatable bonds is 7. The fraction of sp³-hybridized carbons (Fsp3) is 0.438. The summed E-state index contributed by atoms with van der Waals surface area (Å²) in [6.07, 6.45) is -0.377. The van der Waals surface area contributed by atoms with E-state index in [4.69, 9.17) is 9.84 Å². The summed E-state index contributed by atoms with van der Waals surface area (Å²) in [4.78, 5) is 35.4. The molecule has 142 valence electrons. The monoisotopic (exact) mass is 384 g/mol. The molecular formula is C16H20N2O7S. The number of hydrogen-bond acceptors (Lipinski definition) is 6. The van der Waals surface area contributed by atoms with Crippen molar-refractivity contribution >= 4 is 27.8 Å². The van der Waals surface area contributed by atoms with E-state index in [1.807, 2.05) is 0 Å². The number of carbonyl (C=O) groups excluding carboxylic acids is 2. The summed E-state index contributed by atoms with van der Waals surface area (Å²) in [7, 11) is -2.62. The SMILES string of the molecule is CCN1C(=O)c2ccc(C(=O)NC(C)(COC)CC(=O)O)cc2S1(=O)=O. The van der Waals surface area contributed by atoms with Crippen LogP contribution < -0.4 is 5.32 Å². The van der Waals surface area contributed by atoms with Crippen LogP contribution in [0.2, 0.25) is 0 Å². The lowest BCUT2D eigenvalue weighted by Gasteiger charge is -2.28. The Bertz CT molecular complexity index is 865. The van der Waals surface area contributed by atoms with Crippen LogP contribution in [0.4, 0.5) is 0 Å². The second-order valence-corrected chi connectivity index (χ2v) is 8.03. The van der Waals surface area contributed by atoms with Gasteiger partial charge < -0.3 is 15.2 Å². The summed E-state index contributed by atoms with van der Waals surface area (Å²) >= 11 is 0. The predicted molar refractivity (Wildman–Crippen MR) is 90.3 cm³/mol. The highest BCUT2D eigenvalue weighted by molar-refractivity contribution is 7.90. The van der Waals surface area contributed by atoms with Crippen molar-refractivity contribution in [2.45, 2.75) is 30.7 Å². The number of sulfonamides is 1. The van der Waals surface area contributed by atoms with Crippen molar-refractivity contribution < 1.29 is 32.6 Å². The van der Waals surface area contributed by atoms with Crippen molar-refractivity contribution in [3.05, 3.63) is 29.3 Å². The maximum atomic E-state index is 12.5. The lowest BCUT2D eigenvalue weighted by molar-refractivity contribution is -0.139. The van der Waals surface area contributed by atoms with Gasteiger partial charge in [0.05, 0.1) is 24.1 Å². The average molecular weight is 384 g/mol. The van der Waals surface area contributed by atoms with Gasteiger partial charge in [0, 0.05) is 19.2 Å². The minimum Gasteiger partial charge on any atom is -0.481 e. The second-order valence-electron chi connectivity index (χ2n) is 6.20. The Morgan fingerprint density at radius 3 is 2.54 bits per heavy atom.